The lowest BCUT2D eigenvalue weighted by Gasteiger charge is -2.32. The first-order valence-corrected chi connectivity index (χ1v) is 8.99. The highest BCUT2D eigenvalue weighted by atomic mass is 35.5. The summed E-state index contributed by atoms with van der Waals surface area (Å²) in [6.45, 7) is 1.06. The van der Waals surface area contributed by atoms with E-state index in [-0.39, 0.29) is 24.0 Å². The van der Waals surface area contributed by atoms with Crippen LogP contribution in [0.1, 0.15) is 18.4 Å². The molecule has 1 aromatic carbocycles. The Morgan fingerprint density at radius 2 is 2.09 bits per heavy atom. The molecule has 0 amide bonds. The first-order chi connectivity index (χ1) is 10.7. The molecule has 0 saturated carbocycles. The fraction of sp³-hybridized carbons (Fsp3) is 0.571. The summed E-state index contributed by atoms with van der Waals surface area (Å²) < 4.78 is 66.0. The second kappa shape index (κ2) is 6.96. The average Bonchev–Trinajstić information content (AvgIpc) is 2.46. The summed E-state index contributed by atoms with van der Waals surface area (Å²) in [6, 6.07) is 2.75. The van der Waals surface area contributed by atoms with Gasteiger partial charge < -0.3 is 5.32 Å². The third-order valence-corrected chi connectivity index (χ3v) is 6.00. The third kappa shape index (κ3) is 4.17. The Labute approximate surface area is 138 Å². The molecule has 1 aliphatic heterocycles. The van der Waals surface area contributed by atoms with Crippen molar-refractivity contribution >= 4 is 21.6 Å². The molecule has 2 rings (SSSR count). The zero-order chi connectivity index (χ0) is 17.3. The Balaban J connectivity index is 2.40. The van der Waals surface area contributed by atoms with Gasteiger partial charge in [0.05, 0.1) is 10.5 Å². The Hall–Kier alpha value is -0.830. The molecular weight excluding hydrogens is 353 g/mol. The highest BCUT2D eigenvalue weighted by molar-refractivity contribution is 7.89. The van der Waals surface area contributed by atoms with Crippen molar-refractivity contribution in [3.05, 3.63) is 28.8 Å². The first-order valence-electron chi connectivity index (χ1n) is 7.17. The van der Waals surface area contributed by atoms with E-state index in [9.17, 15) is 21.6 Å². The molecule has 1 fully saturated rings. The minimum absolute atomic E-state index is 0.0881. The van der Waals surface area contributed by atoms with E-state index >= 15 is 0 Å². The van der Waals surface area contributed by atoms with E-state index in [0.717, 1.165) is 16.8 Å². The zero-order valence-electron chi connectivity index (χ0n) is 12.5. The molecule has 9 heteroatoms. The molecule has 130 valence electrons. The fourth-order valence-corrected chi connectivity index (χ4v) is 4.71. The van der Waals surface area contributed by atoms with E-state index in [0.29, 0.717) is 19.0 Å². The van der Waals surface area contributed by atoms with Crippen LogP contribution in [0.3, 0.4) is 0 Å². The Bertz CT molecular complexity index is 662. The lowest BCUT2D eigenvalue weighted by Crippen LogP contribution is -2.42. The molecule has 4 nitrogen and oxygen atoms in total. The number of nitrogens with zero attached hydrogens (tertiary/aromatic N) is 1. The number of hydrogen-bond acceptors (Lipinski definition) is 3. The van der Waals surface area contributed by atoms with Gasteiger partial charge in [0.25, 0.3) is 0 Å². The van der Waals surface area contributed by atoms with E-state index in [2.05, 4.69) is 5.32 Å². The molecule has 0 aromatic heterocycles. The molecule has 1 heterocycles. The number of rotatable bonds is 4. The highest BCUT2D eigenvalue weighted by Gasteiger charge is 2.40. The smallest absolute Gasteiger partial charge is 0.319 e. The summed E-state index contributed by atoms with van der Waals surface area (Å²) in [7, 11) is -2.46. The van der Waals surface area contributed by atoms with Gasteiger partial charge >= 0.3 is 6.18 Å². The molecule has 0 aliphatic carbocycles. The molecular formula is C14H18ClF3N2O2S. The van der Waals surface area contributed by atoms with E-state index in [1.807, 2.05) is 0 Å². The molecule has 1 N–H and O–H groups in total. The molecule has 0 radical (unpaired) electrons. The lowest BCUT2D eigenvalue weighted by molar-refractivity contribution is -0.139. The van der Waals surface area contributed by atoms with Gasteiger partial charge in [-0.25, -0.2) is 8.42 Å². The Morgan fingerprint density at radius 1 is 1.39 bits per heavy atom. The van der Waals surface area contributed by atoms with Crippen molar-refractivity contribution in [3.63, 3.8) is 0 Å². The van der Waals surface area contributed by atoms with E-state index in [1.54, 1.807) is 7.05 Å². The van der Waals surface area contributed by atoms with Crippen molar-refractivity contribution in [3.8, 4) is 0 Å². The standard InChI is InChI=1S/C14H18ClF3N2O2S/c1-19-8-10-3-2-6-20(9-10)23(21,22)13-5-4-11(15)7-12(13)14(16,17)18/h4-5,7,10,19H,2-3,6,8-9H2,1H3. The van der Waals surface area contributed by atoms with Crippen molar-refractivity contribution in [1.29, 1.82) is 0 Å². The second-order valence-electron chi connectivity index (χ2n) is 5.57. The second-order valence-corrected chi connectivity index (χ2v) is 7.91. The van der Waals surface area contributed by atoms with Crippen LogP contribution in [0.2, 0.25) is 5.02 Å². The number of alkyl halides is 3. The molecule has 1 aromatic rings. The van der Waals surface area contributed by atoms with E-state index in [4.69, 9.17) is 11.6 Å². The lowest BCUT2D eigenvalue weighted by atomic mass is 10.00. The quantitative estimate of drug-likeness (QED) is 0.886. The molecule has 1 unspecified atom stereocenters. The predicted molar refractivity (Wildman–Crippen MR) is 81.9 cm³/mol. The van der Waals surface area contributed by atoms with E-state index < -0.39 is 26.7 Å². The third-order valence-electron chi connectivity index (χ3n) is 3.84. The summed E-state index contributed by atoms with van der Waals surface area (Å²) in [6.07, 6.45) is -3.31. The summed E-state index contributed by atoms with van der Waals surface area (Å²) in [5.74, 6) is 0.0881. The van der Waals surface area contributed by atoms with Crippen molar-refractivity contribution < 1.29 is 21.6 Å². The minimum atomic E-state index is -4.78. The summed E-state index contributed by atoms with van der Waals surface area (Å²) in [5, 5.41) is 2.82. The molecule has 1 saturated heterocycles. The van der Waals surface area contributed by atoms with Gasteiger partial charge in [0.1, 0.15) is 0 Å². The van der Waals surface area contributed by atoms with Gasteiger partial charge in [-0.1, -0.05) is 11.6 Å². The van der Waals surface area contributed by atoms with Crippen LogP contribution in [-0.4, -0.2) is 39.4 Å². The maximum absolute atomic E-state index is 13.2. The van der Waals surface area contributed by atoms with Crippen LogP contribution in [0, 0.1) is 5.92 Å². The number of hydrogen-bond donors (Lipinski definition) is 1. The minimum Gasteiger partial charge on any atom is -0.319 e. The monoisotopic (exact) mass is 370 g/mol. The van der Waals surface area contributed by atoms with Gasteiger partial charge in [-0.3, -0.25) is 0 Å². The average molecular weight is 371 g/mol. The molecule has 1 atom stereocenters. The van der Waals surface area contributed by atoms with Crippen LogP contribution in [0.15, 0.2) is 23.1 Å². The van der Waals surface area contributed by atoms with Gasteiger partial charge in [0.2, 0.25) is 10.0 Å². The van der Waals surface area contributed by atoms with E-state index in [1.165, 1.54) is 6.07 Å². The molecule has 0 spiro atoms. The van der Waals surface area contributed by atoms with Crippen LogP contribution in [-0.2, 0) is 16.2 Å². The maximum atomic E-state index is 13.2. The molecule has 23 heavy (non-hydrogen) atoms. The van der Waals surface area contributed by atoms with Crippen LogP contribution in [0.4, 0.5) is 13.2 Å². The summed E-state index contributed by atoms with van der Waals surface area (Å²) >= 11 is 5.61. The van der Waals surface area contributed by atoms with Crippen LogP contribution >= 0.6 is 11.6 Å². The highest BCUT2D eigenvalue weighted by Crippen LogP contribution is 2.37. The normalized spacial score (nSPS) is 20.7. The van der Waals surface area contributed by atoms with Gasteiger partial charge in [0.15, 0.2) is 0 Å². The number of nitrogens with one attached hydrogen (secondary N) is 1. The fourth-order valence-electron chi connectivity index (χ4n) is 2.79. The number of piperidine rings is 1. The maximum Gasteiger partial charge on any atom is 0.417 e. The molecule has 0 bridgehead atoms. The first kappa shape index (κ1) is 18.5. The van der Waals surface area contributed by atoms with Gasteiger partial charge in [0, 0.05) is 18.1 Å². The van der Waals surface area contributed by atoms with Crippen LogP contribution in [0.5, 0.6) is 0 Å². The van der Waals surface area contributed by atoms with Gasteiger partial charge in [-0.15, -0.1) is 0 Å². The van der Waals surface area contributed by atoms with Crippen molar-refractivity contribution in [2.45, 2.75) is 23.9 Å². The summed E-state index contributed by atoms with van der Waals surface area (Å²) in [4.78, 5) is -0.737. The van der Waals surface area contributed by atoms with Crippen molar-refractivity contribution in [2.24, 2.45) is 5.92 Å². The van der Waals surface area contributed by atoms with Crippen molar-refractivity contribution in [2.75, 3.05) is 26.7 Å². The zero-order valence-corrected chi connectivity index (χ0v) is 14.1. The number of halogens is 4. The number of benzene rings is 1. The number of sulfonamides is 1. The van der Waals surface area contributed by atoms with Gasteiger partial charge in [-0.05, 0) is 50.6 Å². The summed E-state index contributed by atoms with van der Waals surface area (Å²) in [5.41, 5.74) is -1.22. The SMILES string of the molecule is CNCC1CCCN(S(=O)(=O)c2ccc(Cl)cc2C(F)(F)F)C1. The molecule has 1 aliphatic rings. The predicted octanol–water partition coefficient (Wildman–Crippen LogP) is 2.98. The Morgan fingerprint density at radius 3 is 2.70 bits per heavy atom. The largest absolute Gasteiger partial charge is 0.417 e. The van der Waals surface area contributed by atoms with Crippen molar-refractivity contribution in [1.82, 2.24) is 9.62 Å². The van der Waals surface area contributed by atoms with Crippen LogP contribution in [0.25, 0.3) is 0 Å². The Kier molecular flexibility index (Phi) is 5.60. The topological polar surface area (TPSA) is 49.4 Å². The van der Waals surface area contributed by atoms with Crippen LogP contribution < -0.4 is 5.32 Å². The van der Waals surface area contributed by atoms with Gasteiger partial charge in [-0.2, -0.15) is 17.5 Å².